The van der Waals surface area contributed by atoms with Crippen molar-refractivity contribution in [3.8, 4) is 23.0 Å². The van der Waals surface area contributed by atoms with Crippen LogP contribution in [-0.4, -0.2) is 50.0 Å². The molecule has 0 spiro atoms. The molecule has 1 aliphatic heterocycles. The molecule has 0 bridgehead atoms. The van der Waals surface area contributed by atoms with E-state index in [1.54, 1.807) is 24.3 Å². The topological polar surface area (TPSA) is 89.1 Å². The van der Waals surface area contributed by atoms with Gasteiger partial charge in [-0.25, -0.2) is 0 Å². The second-order valence-corrected chi connectivity index (χ2v) is 8.56. The number of benzene rings is 2. The van der Waals surface area contributed by atoms with Crippen LogP contribution in [0.25, 0.3) is 6.08 Å². The third-order valence-electron chi connectivity index (χ3n) is 6.03. The van der Waals surface area contributed by atoms with Crippen LogP contribution < -0.4 is 24.8 Å². The molecule has 1 amide bonds. The smallest absolute Gasteiger partial charge is 0.244 e. The Hall–Kier alpha value is -3.71. The lowest BCUT2D eigenvalue weighted by atomic mass is 9.99. The van der Waals surface area contributed by atoms with Crippen molar-refractivity contribution < 1.29 is 24.1 Å². The molecule has 2 aliphatic rings. The number of phenolic OH excluding ortho intramolecular Hbond substituents is 1. The van der Waals surface area contributed by atoms with Gasteiger partial charge in [0.15, 0.2) is 11.5 Å². The molecule has 0 aromatic heterocycles. The van der Waals surface area contributed by atoms with Gasteiger partial charge in [0.2, 0.25) is 5.91 Å². The number of allylic oxidation sites excluding steroid dienone is 2. The highest BCUT2D eigenvalue weighted by molar-refractivity contribution is 5.92. The standard InChI is InChI=1S/C28H32N2O5/c1-33-27-12-6-20(18-26(27)31)7-13-28(32)30-25-5-3-2-4-21(25)19-34-22-8-10-23(11-9-22)35-24-14-16-29-17-15-24/h2-4,6-13,18,24-25,29,31H,5,14-17,19H2,1H3,(H,30,32)/b13-7+. The lowest BCUT2D eigenvalue weighted by Crippen LogP contribution is -2.37. The molecular weight excluding hydrogens is 444 g/mol. The average Bonchev–Trinajstić information content (AvgIpc) is 2.88. The molecule has 184 valence electrons. The van der Waals surface area contributed by atoms with E-state index in [1.807, 2.05) is 42.5 Å². The summed E-state index contributed by atoms with van der Waals surface area (Å²) in [5, 5.41) is 16.3. The van der Waals surface area contributed by atoms with E-state index in [1.165, 1.54) is 13.2 Å². The fraction of sp³-hybridized carbons (Fsp3) is 0.321. The van der Waals surface area contributed by atoms with Gasteiger partial charge in [-0.1, -0.05) is 24.3 Å². The number of rotatable bonds is 9. The SMILES string of the molecule is COc1ccc(/C=C/C(=O)NC2CC=CC=C2COc2ccc(OC3CCNCC3)cc2)cc1O. The molecule has 1 saturated heterocycles. The number of amides is 1. The van der Waals surface area contributed by atoms with Crippen molar-refractivity contribution in [2.45, 2.75) is 31.4 Å². The van der Waals surface area contributed by atoms with Crippen LogP contribution in [0.15, 0.2) is 72.3 Å². The highest BCUT2D eigenvalue weighted by Gasteiger charge is 2.18. The maximum atomic E-state index is 12.5. The quantitative estimate of drug-likeness (QED) is 0.474. The molecule has 1 fully saturated rings. The van der Waals surface area contributed by atoms with Crippen LogP contribution in [0, 0.1) is 0 Å². The second-order valence-electron chi connectivity index (χ2n) is 8.56. The Kier molecular flexibility index (Phi) is 8.46. The molecule has 1 atom stereocenters. The predicted molar refractivity (Wildman–Crippen MR) is 136 cm³/mol. The van der Waals surface area contributed by atoms with E-state index in [0.29, 0.717) is 24.3 Å². The first-order valence-corrected chi connectivity index (χ1v) is 11.9. The fourth-order valence-corrected chi connectivity index (χ4v) is 4.06. The molecule has 1 unspecified atom stereocenters. The Morgan fingerprint density at radius 3 is 2.66 bits per heavy atom. The zero-order valence-electron chi connectivity index (χ0n) is 19.9. The van der Waals surface area contributed by atoms with E-state index in [-0.39, 0.29) is 23.8 Å². The van der Waals surface area contributed by atoms with Gasteiger partial charge in [0, 0.05) is 6.08 Å². The van der Waals surface area contributed by atoms with Crippen molar-refractivity contribution in [2.24, 2.45) is 0 Å². The van der Waals surface area contributed by atoms with Gasteiger partial charge in [-0.05, 0) is 86.0 Å². The summed E-state index contributed by atoms with van der Waals surface area (Å²) in [5.74, 6) is 1.81. The molecular formula is C28H32N2O5. The Bertz CT molecular complexity index is 1090. The van der Waals surface area contributed by atoms with E-state index in [4.69, 9.17) is 14.2 Å². The van der Waals surface area contributed by atoms with Gasteiger partial charge < -0.3 is 30.0 Å². The van der Waals surface area contributed by atoms with Crippen LogP contribution in [0.4, 0.5) is 0 Å². The van der Waals surface area contributed by atoms with Crippen molar-refractivity contribution in [3.63, 3.8) is 0 Å². The van der Waals surface area contributed by atoms with Crippen LogP contribution in [-0.2, 0) is 4.79 Å². The zero-order chi connectivity index (χ0) is 24.5. The van der Waals surface area contributed by atoms with Crippen molar-refractivity contribution in [1.82, 2.24) is 10.6 Å². The average molecular weight is 477 g/mol. The minimum atomic E-state index is -0.217. The molecule has 1 aliphatic carbocycles. The van der Waals surface area contributed by atoms with Crippen molar-refractivity contribution in [2.75, 3.05) is 26.8 Å². The molecule has 0 saturated carbocycles. The summed E-state index contributed by atoms with van der Waals surface area (Å²) < 4.78 is 17.1. The number of ether oxygens (including phenoxy) is 3. The van der Waals surface area contributed by atoms with Crippen molar-refractivity contribution >= 4 is 12.0 Å². The lowest BCUT2D eigenvalue weighted by molar-refractivity contribution is -0.116. The van der Waals surface area contributed by atoms with Crippen molar-refractivity contribution in [1.29, 1.82) is 0 Å². The Morgan fingerprint density at radius 1 is 1.14 bits per heavy atom. The molecule has 35 heavy (non-hydrogen) atoms. The van der Waals surface area contributed by atoms with E-state index in [2.05, 4.69) is 10.6 Å². The van der Waals surface area contributed by atoms with Gasteiger partial charge in [0.05, 0.1) is 13.2 Å². The molecule has 1 heterocycles. The predicted octanol–water partition coefficient (Wildman–Crippen LogP) is 3.99. The second kappa shape index (κ2) is 12.1. The van der Waals surface area contributed by atoms with E-state index in [9.17, 15) is 9.90 Å². The molecule has 3 N–H and O–H groups in total. The fourth-order valence-electron chi connectivity index (χ4n) is 4.06. The van der Waals surface area contributed by atoms with Crippen LogP contribution in [0.1, 0.15) is 24.8 Å². The first-order chi connectivity index (χ1) is 17.1. The van der Waals surface area contributed by atoms with Gasteiger partial charge in [-0.15, -0.1) is 0 Å². The van der Waals surface area contributed by atoms with Crippen LogP contribution >= 0.6 is 0 Å². The monoisotopic (exact) mass is 476 g/mol. The number of nitrogens with one attached hydrogen (secondary N) is 2. The minimum absolute atomic E-state index is 0.0284. The third-order valence-corrected chi connectivity index (χ3v) is 6.03. The summed E-state index contributed by atoms with van der Waals surface area (Å²) >= 11 is 0. The summed E-state index contributed by atoms with van der Waals surface area (Å²) in [4.78, 5) is 12.5. The van der Waals surface area contributed by atoms with Crippen LogP contribution in [0.5, 0.6) is 23.0 Å². The molecule has 7 heteroatoms. The maximum absolute atomic E-state index is 12.5. The highest BCUT2D eigenvalue weighted by atomic mass is 16.5. The normalized spacial score (nSPS) is 18.2. The molecule has 0 radical (unpaired) electrons. The molecule has 7 nitrogen and oxygen atoms in total. The summed E-state index contributed by atoms with van der Waals surface area (Å²) in [6.07, 6.45) is 12.1. The summed E-state index contributed by atoms with van der Waals surface area (Å²) in [6.45, 7) is 2.36. The number of hydrogen-bond acceptors (Lipinski definition) is 6. The van der Waals surface area contributed by atoms with Gasteiger partial charge in [0.1, 0.15) is 24.2 Å². The van der Waals surface area contributed by atoms with Gasteiger partial charge >= 0.3 is 0 Å². The molecule has 2 aromatic carbocycles. The third kappa shape index (κ3) is 7.13. The van der Waals surface area contributed by atoms with Crippen LogP contribution in [0.3, 0.4) is 0 Å². The molecule has 2 aromatic rings. The Morgan fingerprint density at radius 2 is 1.91 bits per heavy atom. The van der Waals surface area contributed by atoms with Crippen LogP contribution in [0.2, 0.25) is 0 Å². The number of hydrogen-bond donors (Lipinski definition) is 3. The van der Waals surface area contributed by atoms with Crippen molar-refractivity contribution in [3.05, 3.63) is 77.9 Å². The van der Waals surface area contributed by atoms with E-state index >= 15 is 0 Å². The van der Waals surface area contributed by atoms with Gasteiger partial charge in [-0.3, -0.25) is 4.79 Å². The number of piperidine rings is 1. The van der Waals surface area contributed by atoms with E-state index < -0.39 is 0 Å². The summed E-state index contributed by atoms with van der Waals surface area (Å²) in [5.41, 5.74) is 1.69. The minimum Gasteiger partial charge on any atom is -0.504 e. The van der Waals surface area contributed by atoms with Gasteiger partial charge in [-0.2, -0.15) is 0 Å². The lowest BCUT2D eigenvalue weighted by Gasteiger charge is -2.24. The largest absolute Gasteiger partial charge is 0.504 e. The first-order valence-electron chi connectivity index (χ1n) is 11.9. The number of aromatic hydroxyl groups is 1. The Balaban J connectivity index is 1.28. The number of phenols is 1. The number of methoxy groups -OCH3 is 1. The molecule has 4 rings (SSSR count). The summed E-state index contributed by atoms with van der Waals surface area (Å²) in [6, 6.07) is 12.5. The van der Waals surface area contributed by atoms with Gasteiger partial charge in [0.25, 0.3) is 0 Å². The highest BCUT2D eigenvalue weighted by Crippen LogP contribution is 2.27. The first kappa shape index (κ1) is 24.4. The summed E-state index contributed by atoms with van der Waals surface area (Å²) in [7, 11) is 1.49. The number of carbonyl (C=O) groups excluding carboxylic acids is 1. The zero-order valence-corrected chi connectivity index (χ0v) is 19.9. The number of carbonyl (C=O) groups is 1. The van der Waals surface area contributed by atoms with E-state index in [0.717, 1.165) is 43.0 Å². The maximum Gasteiger partial charge on any atom is 0.244 e. The Labute approximate surface area is 206 Å².